The molecule has 0 bridgehead atoms. The Labute approximate surface area is 204 Å². The maximum Gasteiger partial charge on any atom is 0.297 e. The molecule has 0 unspecified atom stereocenters. The number of rotatable bonds is 12. The summed E-state index contributed by atoms with van der Waals surface area (Å²) in [5.74, 6) is 0. The first-order valence-electron chi connectivity index (χ1n) is 11.2. The van der Waals surface area contributed by atoms with Gasteiger partial charge in [-0.25, -0.2) is 0 Å². The Balaban J connectivity index is 2.22. The zero-order valence-electron chi connectivity index (χ0n) is 20.8. The molecule has 0 N–H and O–H groups in total. The van der Waals surface area contributed by atoms with Gasteiger partial charge in [0.15, 0.2) is 8.32 Å². The van der Waals surface area contributed by atoms with Crippen LogP contribution < -0.4 is 0 Å². The van der Waals surface area contributed by atoms with Crippen LogP contribution in [0.2, 0.25) is 18.1 Å². The summed E-state index contributed by atoms with van der Waals surface area (Å²) in [5, 5.41) is 3.74. The van der Waals surface area contributed by atoms with Crippen molar-refractivity contribution in [2.24, 2.45) is 5.11 Å². The van der Waals surface area contributed by atoms with Crippen LogP contribution in [0.4, 0.5) is 0 Å². The lowest BCUT2D eigenvalue weighted by Crippen LogP contribution is -2.49. The van der Waals surface area contributed by atoms with E-state index in [1.165, 1.54) is 12.1 Å². The Morgan fingerprint density at radius 1 is 1.03 bits per heavy atom. The first kappa shape index (κ1) is 28.0. The summed E-state index contributed by atoms with van der Waals surface area (Å²) in [6, 6.07) is 15.3. The van der Waals surface area contributed by atoms with E-state index in [0.29, 0.717) is 6.61 Å². The maximum absolute atomic E-state index is 12.8. The summed E-state index contributed by atoms with van der Waals surface area (Å²) < 4.78 is 43.3. The van der Waals surface area contributed by atoms with Gasteiger partial charge < -0.3 is 9.16 Å². The predicted octanol–water partition coefficient (Wildman–Crippen LogP) is 5.99. The van der Waals surface area contributed by atoms with Gasteiger partial charge in [-0.3, -0.25) is 4.18 Å². The number of azide groups is 1. The standard InChI is InChI=1S/C24H35N3O5SSi/c1-19-12-14-21(15-13-19)33(28,29)31-18-23(32-34(5,6)24(2,3)4)22(26-27-25)17-30-16-20-10-8-7-9-11-20/h7-15,22-23H,16-18H2,1-6H3/t22-,23+/m1/s1. The first-order valence-corrected chi connectivity index (χ1v) is 15.5. The third-order valence-electron chi connectivity index (χ3n) is 5.98. The second-order valence-electron chi connectivity index (χ2n) is 9.74. The minimum atomic E-state index is -4.02. The molecule has 34 heavy (non-hydrogen) atoms. The molecule has 0 aromatic heterocycles. The number of aryl methyl sites for hydroxylation is 1. The molecule has 186 valence electrons. The minimum Gasteiger partial charge on any atom is -0.411 e. The van der Waals surface area contributed by atoms with Crippen LogP contribution in [0.15, 0.2) is 64.6 Å². The highest BCUT2D eigenvalue weighted by Gasteiger charge is 2.41. The number of hydrogen-bond donors (Lipinski definition) is 0. The van der Waals surface area contributed by atoms with Crippen LogP contribution in [0.5, 0.6) is 0 Å². The minimum absolute atomic E-state index is 0.0600. The quantitative estimate of drug-likeness (QED) is 0.116. The number of benzene rings is 2. The molecule has 10 heteroatoms. The van der Waals surface area contributed by atoms with E-state index in [1.807, 2.05) is 50.3 Å². The van der Waals surface area contributed by atoms with E-state index < -0.39 is 30.6 Å². The SMILES string of the molecule is Cc1ccc(S(=O)(=O)OC[C@H](O[Si](C)(C)C(C)(C)C)[C@@H](COCc2ccccc2)N=[N+]=[N-])cc1. The van der Waals surface area contributed by atoms with E-state index in [2.05, 4.69) is 30.8 Å². The van der Waals surface area contributed by atoms with Crippen LogP contribution in [0, 0.1) is 6.92 Å². The van der Waals surface area contributed by atoms with Crippen LogP contribution in [0.3, 0.4) is 0 Å². The van der Waals surface area contributed by atoms with Gasteiger partial charge in [-0.05, 0) is 48.3 Å². The first-order chi connectivity index (χ1) is 15.9. The van der Waals surface area contributed by atoms with Crippen molar-refractivity contribution >= 4 is 18.4 Å². The number of ether oxygens (including phenoxy) is 1. The van der Waals surface area contributed by atoms with Crippen LogP contribution in [-0.4, -0.2) is 42.1 Å². The second-order valence-corrected chi connectivity index (χ2v) is 16.1. The lowest BCUT2D eigenvalue weighted by molar-refractivity contribution is 0.0393. The van der Waals surface area contributed by atoms with Gasteiger partial charge in [0.05, 0.1) is 36.9 Å². The van der Waals surface area contributed by atoms with E-state index in [4.69, 9.17) is 13.3 Å². The summed E-state index contributed by atoms with van der Waals surface area (Å²) in [6.07, 6.45) is -0.798. The Kier molecular flexibility index (Phi) is 9.87. The molecule has 8 nitrogen and oxygen atoms in total. The zero-order valence-corrected chi connectivity index (χ0v) is 22.6. The molecule has 0 fully saturated rings. The van der Waals surface area contributed by atoms with Gasteiger partial charge in [-0.1, -0.05) is 73.9 Å². The van der Waals surface area contributed by atoms with Gasteiger partial charge in [-0.15, -0.1) is 0 Å². The average molecular weight is 506 g/mol. The molecule has 0 spiro atoms. The van der Waals surface area contributed by atoms with Gasteiger partial charge in [0, 0.05) is 4.91 Å². The lowest BCUT2D eigenvalue weighted by atomic mass is 10.2. The molecule has 0 aliphatic carbocycles. The molecule has 0 aliphatic heterocycles. The number of nitrogens with zero attached hydrogens (tertiary/aromatic N) is 3. The summed E-state index contributed by atoms with van der Waals surface area (Å²) in [4.78, 5) is 3.02. The molecule has 0 saturated heterocycles. The summed E-state index contributed by atoms with van der Waals surface area (Å²) in [5.41, 5.74) is 11.1. The van der Waals surface area contributed by atoms with Crippen molar-refractivity contribution < 1.29 is 21.8 Å². The topological polar surface area (TPSA) is 111 Å². The van der Waals surface area contributed by atoms with Crippen LogP contribution in [-0.2, 0) is 30.1 Å². The highest BCUT2D eigenvalue weighted by molar-refractivity contribution is 7.86. The van der Waals surface area contributed by atoms with Crippen molar-refractivity contribution in [3.05, 3.63) is 76.2 Å². The molecule has 2 rings (SSSR count). The molecule has 0 radical (unpaired) electrons. The molecule has 2 atom stereocenters. The van der Waals surface area contributed by atoms with E-state index in [-0.39, 0.29) is 23.1 Å². The van der Waals surface area contributed by atoms with E-state index >= 15 is 0 Å². The molecular weight excluding hydrogens is 470 g/mol. The van der Waals surface area contributed by atoms with Crippen molar-refractivity contribution in [1.82, 2.24) is 0 Å². The summed E-state index contributed by atoms with van der Waals surface area (Å²) in [6.45, 7) is 12.3. The van der Waals surface area contributed by atoms with E-state index in [0.717, 1.165) is 11.1 Å². The normalized spacial score (nSPS) is 14.3. The average Bonchev–Trinajstić information content (AvgIpc) is 2.76. The van der Waals surface area contributed by atoms with Crippen LogP contribution >= 0.6 is 0 Å². The lowest BCUT2D eigenvalue weighted by Gasteiger charge is -2.40. The van der Waals surface area contributed by atoms with Gasteiger partial charge in [0.2, 0.25) is 0 Å². The van der Waals surface area contributed by atoms with Gasteiger partial charge in [0.1, 0.15) is 0 Å². The van der Waals surface area contributed by atoms with Gasteiger partial charge in [-0.2, -0.15) is 8.42 Å². The second kappa shape index (κ2) is 12.0. The van der Waals surface area contributed by atoms with Crippen LogP contribution in [0.1, 0.15) is 31.9 Å². The van der Waals surface area contributed by atoms with E-state index in [9.17, 15) is 13.9 Å². The highest BCUT2D eigenvalue weighted by atomic mass is 32.2. The predicted molar refractivity (Wildman–Crippen MR) is 135 cm³/mol. The fourth-order valence-corrected chi connectivity index (χ4v) is 5.12. The Bertz CT molecular complexity index is 1060. The largest absolute Gasteiger partial charge is 0.411 e. The highest BCUT2D eigenvalue weighted by Crippen LogP contribution is 2.38. The van der Waals surface area contributed by atoms with Gasteiger partial charge in [0.25, 0.3) is 10.1 Å². The van der Waals surface area contributed by atoms with Crippen LogP contribution in [0.25, 0.3) is 10.4 Å². The smallest absolute Gasteiger partial charge is 0.297 e. The Morgan fingerprint density at radius 3 is 2.21 bits per heavy atom. The molecule has 2 aromatic carbocycles. The molecule has 0 amide bonds. The summed E-state index contributed by atoms with van der Waals surface area (Å²) in [7, 11) is -6.37. The third-order valence-corrected chi connectivity index (χ3v) is 11.8. The van der Waals surface area contributed by atoms with E-state index in [1.54, 1.807) is 12.1 Å². The molecule has 0 aliphatic rings. The fourth-order valence-electron chi connectivity index (χ4n) is 2.86. The monoisotopic (exact) mass is 505 g/mol. The fraction of sp³-hybridized carbons (Fsp3) is 0.500. The van der Waals surface area contributed by atoms with Crippen molar-refractivity contribution in [3.8, 4) is 0 Å². The third kappa shape index (κ3) is 8.23. The Hall–Kier alpha value is -2.20. The molecule has 0 heterocycles. The molecular formula is C24H35N3O5SSi. The Morgan fingerprint density at radius 2 is 1.65 bits per heavy atom. The van der Waals surface area contributed by atoms with Crippen molar-refractivity contribution in [2.75, 3.05) is 13.2 Å². The van der Waals surface area contributed by atoms with Gasteiger partial charge >= 0.3 is 0 Å². The molecule has 2 aromatic rings. The number of hydrogen-bond acceptors (Lipinski definition) is 6. The van der Waals surface area contributed by atoms with Crippen molar-refractivity contribution in [1.29, 1.82) is 0 Å². The molecule has 0 saturated carbocycles. The summed E-state index contributed by atoms with van der Waals surface area (Å²) >= 11 is 0. The van der Waals surface area contributed by atoms with Crippen molar-refractivity contribution in [2.45, 2.75) is 69.5 Å². The van der Waals surface area contributed by atoms with Crippen molar-refractivity contribution in [3.63, 3.8) is 0 Å². The maximum atomic E-state index is 12.8. The zero-order chi connectivity index (χ0) is 25.4.